The average molecular weight is 544 g/mol. The quantitative estimate of drug-likeness (QED) is 0.356. The molecule has 0 bridgehead atoms. The number of nitrogens with one attached hydrogen (secondary N) is 2. The summed E-state index contributed by atoms with van der Waals surface area (Å²) >= 11 is 0. The van der Waals surface area contributed by atoms with Crippen LogP contribution in [-0.4, -0.2) is 41.7 Å². The van der Waals surface area contributed by atoms with Crippen LogP contribution in [0, 0.1) is 0 Å². The number of benzene rings is 3. The Morgan fingerprint density at radius 2 is 1.55 bits per heavy atom. The van der Waals surface area contributed by atoms with Gasteiger partial charge >= 0.3 is 12.2 Å². The summed E-state index contributed by atoms with van der Waals surface area (Å²) in [6.45, 7) is 7.29. The summed E-state index contributed by atoms with van der Waals surface area (Å²) in [5.41, 5.74) is 3.58. The molecule has 0 atom stereocenters. The minimum absolute atomic E-state index is 0.0572. The van der Waals surface area contributed by atoms with Crippen LogP contribution in [0.1, 0.15) is 66.6 Å². The Labute approximate surface area is 235 Å². The van der Waals surface area contributed by atoms with E-state index in [1.807, 2.05) is 47.4 Å². The van der Waals surface area contributed by atoms with Crippen molar-refractivity contribution in [2.45, 2.75) is 58.3 Å². The van der Waals surface area contributed by atoms with E-state index in [0.29, 0.717) is 36.8 Å². The lowest BCUT2D eigenvalue weighted by Crippen LogP contribution is -2.38. The molecular weight excluding hydrogens is 506 g/mol. The van der Waals surface area contributed by atoms with Gasteiger partial charge in [-0.25, -0.2) is 9.59 Å². The van der Waals surface area contributed by atoms with Crippen molar-refractivity contribution in [1.82, 2.24) is 10.2 Å². The van der Waals surface area contributed by atoms with Crippen molar-refractivity contribution in [3.63, 3.8) is 0 Å². The lowest BCUT2D eigenvalue weighted by Gasteiger charge is -2.32. The molecule has 210 valence electrons. The number of amides is 3. The molecular formula is C32H37N3O5. The number of nitrogens with zero attached hydrogens (tertiary/aromatic N) is 1. The molecule has 0 radical (unpaired) electrons. The molecule has 1 aliphatic heterocycles. The Morgan fingerprint density at radius 3 is 2.27 bits per heavy atom. The minimum Gasteiger partial charge on any atom is -0.445 e. The standard InChI is InChI=1S/C32H37N3O5/c1-32(2,3)40-31(38)34-28-14-8-13-27(20-28)29(36)35-17-15-25(16-18-35)26-12-7-11-24(19-26)21-33-30(37)39-22-23-9-5-4-6-10-23/h4-14,19-20,25H,15-18,21-22H2,1-3H3,(H,33,37)(H,34,38). The third-order valence-corrected chi connectivity index (χ3v) is 6.61. The van der Waals surface area contributed by atoms with Crippen LogP contribution < -0.4 is 10.6 Å². The van der Waals surface area contributed by atoms with E-state index < -0.39 is 17.8 Å². The monoisotopic (exact) mass is 543 g/mol. The molecule has 3 aromatic rings. The fraction of sp³-hybridized carbons (Fsp3) is 0.344. The van der Waals surface area contributed by atoms with Crippen molar-refractivity contribution < 1.29 is 23.9 Å². The summed E-state index contributed by atoms with van der Waals surface area (Å²) in [5.74, 6) is 0.271. The molecule has 1 fully saturated rings. The molecule has 0 aromatic heterocycles. The summed E-state index contributed by atoms with van der Waals surface area (Å²) in [7, 11) is 0. The number of ether oxygens (including phenoxy) is 2. The maximum Gasteiger partial charge on any atom is 0.412 e. The molecule has 4 rings (SSSR count). The van der Waals surface area contributed by atoms with Gasteiger partial charge in [0.15, 0.2) is 0 Å². The van der Waals surface area contributed by atoms with Gasteiger partial charge in [-0.15, -0.1) is 0 Å². The van der Waals surface area contributed by atoms with E-state index in [9.17, 15) is 14.4 Å². The minimum atomic E-state index is -0.605. The fourth-order valence-corrected chi connectivity index (χ4v) is 4.66. The third-order valence-electron chi connectivity index (χ3n) is 6.61. The second-order valence-corrected chi connectivity index (χ2v) is 10.9. The topological polar surface area (TPSA) is 97.0 Å². The zero-order valence-corrected chi connectivity index (χ0v) is 23.3. The molecule has 1 heterocycles. The molecule has 1 aliphatic rings. The molecule has 0 unspecified atom stereocenters. The first-order chi connectivity index (χ1) is 19.2. The van der Waals surface area contributed by atoms with Crippen LogP contribution in [0.4, 0.5) is 15.3 Å². The van der Waals surface area contributed by atoms with Crippen LogP contribution in [0.2, 0.25) is 0 Å². The van der Waals surface area contributed by atoms with Crippen molar-refractivity contribution in [1.29, 1.82) is 0 Å². The summed E-state index contributed by atoms with van der Waals surface area (Å²) in [5, 5.41) is 5.51. The number of rotatable bonds is 7. The molecule has 40 heavy (non-hydrogen) atoms. The van der Waals surface area contributed by atoms with Crippen LogP contribution in [0.5, 0.6) is 0 Å². The maximum atomic E-state index is 13.2. The van der Waals surface area contributed by atoms with E-state index in [-0.39, 0.29) is 12.5 Å². The third kappa shape index (κ3) is 8.59. The number of likely N-dealkylation sites (tertiary alicyclic amines) is 1. The molecule has 0 saturated carbocycles. The Hall–Kier alpha value is -4.33. The normalized spacial score (nSPS) is 13.8. The van der Waals surface area contributed by atoms with Gasteiger partial charge in [0.1, 0.15) is 12.2 Å². The predicted octanol–water partition coefficient (Wildman–Crippen LogP) is 6.48. The van der Waals surface area contributed by atoms with E-state index in [2.05, 4.69) is 22.8 Å². The van der Waals surface area contributed by atoms with Gasteiger partial charge in [-0.1, -0.05) is 60.7 Å². The lowest BCUT2D eigenvalue weighted by molar-refractivity contribution is 0.0634. The van der Waals surface area contributed by atoms with Crippen LogP contribution in [-0.2, 0) is 22.6 Å². The van der Waals surface area contributed by atoms with Gasteiger partial charge in [0, 0.05) is 30.9 Å². The molecule has 8 heteroatoms. The highest BCUT2D eigenvalue weighted by atomic mass is 16.6. The van der Waals surface area contributed by atoms with Gasteiger partial charge in [0.2, 0.25) is 0 Å². The van der Waals surface area contributed by atoms with Crippen LogP contribution in [0.3, 0.4) is 0 Å². The van der Waals surface area contributed by atoms with Crippen molar-refractivity contribution in [3.8, 4) is 0 Å². The van der Waals surface area contributed by atoms with Crippen molar-refractivity contribution in [3.05, 3.63) is 101 Å². The number of carbonyl (C=O) groups excluding carboxylic acids is 3. The van der Waals surface area contributed by atoms with Gasteiger partial charge in [-0.2, -0.15) is 0 Å². The first kappa shape index (κ1) is 28.7. The smallest absolute Gasteiger partial charge is 0.412 e. The zero-order valence-electron chi connectivity index (χ0n) is 23.3. The van der Waals surface area contributed by atoms with Gasteiger partial charge in [0.25, 0.3) is 5.91 Å². The van der Waals surface area contributed by atoms with E-state index in [0.717, 1.165) is 24.0 Å². The number of piperidine rings is 1. The molecule has 2 N–H and O–H groups in total. The van der Waals surface area contributed by atoms with E-state index in [1.54, 1.807) is 45.0 Å². The Bertz CT molecular complexity index is 1310. The number of hydrogen-bond donors (Lipinski definition) is 2. The summed E-state index contributed by atoms with van der Waals surface area (Å²) < 4.78 is 10.6. The summed E-state index contributed by atoms with van der Waals surface area (Å²) in [6.07, 6.45) is 0.681. The molecule has 0 aliphatic carbocycles. The SMILES string of the molecule is CC(C)(C)OC(=O)Nc1cccc(C(=O)N2CCC(c3cccc(CNC(=O)OCc4ccccc4)c3)CC2)c1. The predicted molar refractivity (Wildman–Crippen MR) is 154 cm³/mol. The fourth-order valence-electron chi connectivity index (χ4n) is 4.66. The highest BCUT2D eigenvalue weighted by molar-refractivity contribution is 5.96. The second-order valence-electron chi connectivity index (χ2n) is 10.9. The van der Waals surface area contributed by atoms with Gasteiger partial charge in [-0.3, -0.25) is 10.1 Å². The van der Waals surface area contributed by atoms with Gasteiger partial charge in [-0.05, 0) is 74.4 Å². The van der Waals surface area contributed by atoms with E-state index in [4.69, 9.17) is 9.47 Å². The molecule has 1 saturated heterocycles. The average Bonchev–Trinajstić information content (AvgIpc) is 2.94. The molecule has 8 nitrogen and oxygen atoms in total. The first-order valence-corrected chi connectivity index (χ1v) is 13.6. The van der Waals surface area contributed by atoms with Crippen molar-refractivity contribution >= 4 is 23.8 Å². The lowest BCUT2D eigenvalue weighted by atomic mass is 9.88. The van der Waals surface area contributed by atoms with Crippen LogP contribution in [0.15, 0.2) is 78.9 Å². The van der Waals surface area contributed by atoms with Gasteiger partial charge in [0.05, 0.1) is 0 Å². The molecule has 3 aromatic carbocycles. The van der Waals surface area contributed by atoms with E-state index in [1.165, 1.54) is 5.56 Å². The number of carbonyl (C=O) groups is 3. The molecule has 3 amide bonds. The second kappa shape index (κ2) is 13.2. The number of alkyl carbamates (subject to hydrolysis) is 1. The van der Waals surface area contributed by atoms with Gasteiger partial charge < -0.3 is 19.7 Å². The Balaban J connectivity index is 1.26. The summed E-state index contributed by atoms with van der Waals surface area (Å²) in [4.78, 5) is 39.3. The molecule has 0 spiro atoms. The summed E-state index contributed by atoms with van der Waals surface area (Å²) in [6, 6.07) is 24.7. The highest BCUT2D eigenvalue weighted by Crippen LogP contribution is 2.29. The van der Waals surface area contributed by atoms with Crippen molar-refractivity contribution in [2.75, 3.05) is 18.4 Å². The Kier molecular flexibility index (Phi) is 9.43. The zero-order chi connectivity index (χ0) is 28.5. The maximum absolute atomic E-state index is 13.2. The Morgan fingerprint density at radius 1 is 0.850 bits per heavy atom. The number of anilines is 1. The van der Waals surface area contributed by atoms with Crippen LogP contribution >= 0.6 is 0 Å². The largest absolute Gasteiger partial charge is 0.445 e. The highest BCUT2D eigenvalue weighted by Gasteiger charge is 2.25. The number of hydrogen-bond acceptors (Lipinski definition) is 5. The first-order valence-electron chi connectivity index (χ1n) is 13.6. The van der Waals surface area contributed by atoms with E-state index >= 15 is 0 Å². The van der Waals surface area contributed by atoms with Crippen LogP contribution in [0.25, 0.3) is 0 Å². The van der Waals surface area contributed by atoms with Crippen molar-refractivity contribution in [2.24, 2.45) is 0 Å².